The molecular formula is C33H50O10. The van der Waals surface area contributed by atoms with Crippen LogP contribution in [0.25, 0.3) is 0 Å². The molecular weight excluding hydrogens is 556 g/mol. The minimum atomic E-state index is -0.698. The van der Waals surface area contributed by atoms with Crippen molar-refractivity contribution in [2.75, 3.05) is 7.11 Å². The quantitative estimate of drug-likeness (QED) is 0.281. The summed E-state index contributed by atoms with van der Waals surface area (Å²) in [5.41, 5.74) is -0.786. The molecule has 4 fully saturated rings. The van der Waals surface area contributed by atoms with E-state index >= 15 is 0 Å². The fourth-order valence-electron chi connectivity index (χ4n) is 10.1. The molecule has 10 heteroatoms. The Labute approximate surface area is 255 Å². The van der Waals surface area contributed by atoms with Gasteiger partial charge in [-0.15, -0.1) is 0 Å². The van der Waals surface area contributed by atoms with E-state index < -0.39 is 29.6 Å². The van der Waals surface area contributed by atoms with Gasteiger partial charge in [0.15, 0.2) is 0 Å². The third-order valence-electron chi connectivity index (χ3n) is 11.8. The topological polar surface area (TPSA) is 132 Å². The minimum absolute atomic E-state index is 0.0125. The molecule has 0 aliphatic heterocycles. The summed E-state index contributed by atoms with van der Waals surface area (Å²) in [5, 5.41) is 0. The Hall–Kier alpha value is -2.65. The zero-order valence-electron chi connectivity index (χ0n) is 27.0. The molecule has 43 heavy (non-hydrogen) atoms. The molecule has 0 saturated heterocycles. The van der Waals surface area contributed by atoms with Crippen LogP contribution in [0.15, 0.2) is 0 Å². The Morgan fingerprint density at radius 2 is 1.35 bits per heavy atom. The Morgan fingerprint density at radius 3 is 1.93 bits per heavy atom. The van der Waals surface area contributed by atoms with Gasteiger partial charge in [-0.3, -0.25) is 24.0 Å². The standard InChI is InChI=1S/C33H50O10/c1-17(9-12-28(38)39-8)23-10-11-24-29-25(16-27(33(23,24)7)41-19(3)35)32(6)14-13-22(40-18(2)34)15-26(32)30(42-20(4)36)31(29)43-21(5)37/h17,22-27,29-31H,9-16H2,1-8H3/t17?,22-,23?,24?,25?,26+,27-,29?,30+,31?,32?,33?/m1/s1. The highest BCUT2D eigenvalue weighted by molar-refractivity contribution is 5.69. The SMILES string of the molecule is COC(=O)CCC(C)C1CCC2C3C(OC(C)=O)[C@@H](OC(C)=O)[C@@H]4C[C@H](OC(C)=O)CCC4(C)C3C[C@@H](OC(C)=O)C12C. The van der Waals surface area contributed by atoms with Crippen molar-refractivity contribution in [1.29, 1.82) is 0 Å². The largest absolute Gasteiger partial charge is 0.469 e. The van der Waals surface area contributed by atoms with Gasteiger partial charge in [0.1, 0.15) is 24.4 Å². The Morgan fingerprint density at radius 1 is 0.744 bits per heavy atom. The van der Waals surface area contributed by atoms with Crippen LogP contribution in [-0.4, -0.2) is 61.4 Å². The van der Waals surface area contributed by atoms with Crippen molar-refractivity contribution in [1.82, 2.24) is 0 Å². The lowest BCUT2D eigenvalue weighted by molar-refractivity contribution is -0.258. The molecule has 0 spiro atoms. The summed E-state index contributed by atoms with van der Waals surface area (Å²) in [4.78, 5) is 61.7. The average Bonchev–Trinajstić information content (AvgIpc) is 3.27. The smallest absolute Gasteiger partial charge is 0.305 e. The first-order valence-corrected chi connectivity index (χ1v) is 15.9. The number of fused-ring (bicyclic) bond motifs is 5. The van der Waals surface area contributed by atoms with Crippen LogP contribution in [0.4, 0.5) is 0 Å². The molecule has 0 aromatic carbocycles. The summed E-state index contributed by atoms with van der Waals surface area (Å²) in [5.74, 6) is -1.84. The van der Waals surface area contributed by atoms with Crippen LogP contribution in [0.5, 0.6) is 0 Å². The van der Waals surface area contributed by atoms with Gasteiger partial charge in [0, 0.05) is 51.4 Å². The van der Waals surface area contributed by atoms with Crippen molar-refractivity contribution in [3.05, 3.63) is 0 Å². The Kier molecular flexibility index (Phi) is 9.86. The van der Waals surface area contributed by atoms with E-state index in [0.717, 1.165) is 19.3 Å². The van der Waals surface area contributed by atoms with Crippen LogP contribution in [0.3, 0.4) is 0 Å². The summed E-state index contributed by atoms with van der Waals surface area (Å²) < 4.78 is 29.0. The molecule has 12 atom stereocenters. The summed E-state index contributed by atoms with van der Waals surface area (Å²) >= 11 is 0. The molecule has 0 aromatic rings. The average molecular weight is 607 g/mol. The predicted molar refractivity (Wildman–Crippen MR) is 154 cm³/mol. The highest BCUT2D eigenvalue weighted by Crippen LogP contribution is 2.69. The first-order chi connectivity index (χ1) is 20.1. The van der Waals surface area contributed by atoms with Gasteiger partial charge in [0.2, 0.25) is 0 Å². The number of hydrogen-bond donors (Lipinski definition) is 0. The van der Waals surface area contributed by atoms with Gasteiger partial charge in [-0.05, 0) is 74.0 Å². The van der Waals surface area contributed by atoms with E-state index in [1.165, 1.54) is 34.8 Å². The maximum Gasteiger partial charge on any atom is 0.305 e. The van der Waals surface area contributed by atoms with E-state index in [1.54, 1.807) is 0 Å². The van der Waals surface area contributed by atoms with Crippen LogP contribution in [-0.2, 0) is 47.7 Å². The third kappa shape index (κ3) is 6.30. The van der Waals surface area contributed by atoms with E-state index in [0.29, 0.717) is 32.1 Å². The van der Waals surface area contributed by atoms with Crippen molar-refractivity contribution in [3.8, 4) is 0 Å². The summed E-state index contributed by atoms with van der Waals surface area (Å²) in [6.07, 6.45) is 3.09. The van der Waals surface area contributed by atoms with Crippen LogP contribution in [0.1, 0.15) is 99.8 Å². The van der Waals surface area contributed by atoms with Crippen LogP contribution < -0.4 is 0 Å². The highest BCUT2D eigenvalue weighted by atomic mass is 16.6. The molecule has 4 saturated carbocycles. The normalized spacial score (nSPS) is 40.5. The van der Waals surface area contributed by atoms with E-state index in [4.69, 9.17) is 23.7 Å². The molecule has 0 N–H and O–H groups in total. The summed E-state index contributed by atoms with van der Waals surface area (Å²) in [7, 11) is 1.39. The zero-order chi connectivity index (χ0) is 31.9. The molecule has 242 valence electrons. The maximum absolute atomic E-state index is 12.7. The minimum Gasteiger partial charge on any atom is -0.469 e. The number of carbonyl (C=O) groups excluding carboxylic acids is 5. The van der Waals surface area contributed by atoms with E-state index in [1.807, 2.05) is 0 Å². The van der Waals surface area contributed by atoms with E-state index in [9.17, 15) is 24.0 Å². The molecule has 0 heterocycles. The van der Waals surface area contributed by atoms with Gasteiger partial charge >= 0.3 is 29.8 Å². The second-order valence-corrected chi connectivity index (χ2v) is 14.0. The van der Waals surface area contributed by atoms with Crippen molar-refractivity contribution in [2.45, 2.75) is 124 Å². The van der Waals surface area contributed by atoms with Gasteiger partial charge in [-0.1, -0.05) is 20.8 Å². The molecule has 4 rings (SSSR count). The molecule has 0 aromatic heterocycles. The maximum atomic E-state index is 12.7. The molecule has 4 aliphatic carbocycles. The van der Waals surface area contributed by atoms with Gasteiger partial charge < -0.3 is 23.7 Å². The molecule has 0 radical (unpaired) electrons. The molecule has 8 unspecified atom stereocenters. The number of carbonyl (C=O) groups is 5. The fraction of sp³-hybridized carbons (Fsp3) is 0.848. The third-order valence-corrected chi connectivity index (χ3v) is 11.8. The zero-order valence-corrected chi connectivity index (χ0v) is 27.0. The molecule has 0 amide bonds. The van der Waals surface area contributed by atoms with E-state index in [-0.39, 0.29) is 71.0 Å². The van der Waals surface area contributed by atoms with Crippen molar-refractivity contribution < 1.29 is 47.7 Å². The van der Waals surface area contributed by atoms with Gasteiger partial charge in [-0.25, -0.2) is 0 Å². The Balaban J connectivity index is 1.80. The van der Waals surface area contributed by atoms with Crippen LogP contribution in [0, 0.1) is 46.3 Å². The number of hydrogen-bond acceptors (Lipinski definition) is 10. The number of methoxy groups -OCH3 is 1. The molecule has 10 nitrogen and oxygen atoms in total. The van der Waals surface area contributed by atoms with Gasteiger partial charge in [0.25, 0.3) is 0 Å². The number of esters is 5. The molecule has 0 bridgehead atoms. The van der Waals surface area contributed by atoms with Crippen LogP contribution in [0.2, 0.25) is 0 Å². The van der Waals surface area contributed by atoms with Crippen molar-refractivity contribution >= 4 is 29.8 Å². The second-order valence-electron chi connectivity index (χ2n) is 14.0. The lowest BCUT2D eigenvalue weighted by atomic mass is 9.42. The van der Waals surface area contributed by atoms with Gasteiger partial charge in [0.05, 0.1) is 7.11 Å². The predicted octanol–water partition coefficient (Wildman–Crippen LogP) is 4.79. The van der Waals surface area contributed by atoms with Crippen molar-refractivity contribution in [2.24, 2.45) is 46.3 Å². The summed E-state index contributed by atoms with van der Waals surface area (Å²) in [6, 6.07) is 0. The van der Waals surface area contributed by atoms with E-state index in [2.05, 4.69) is 20.8 Å². The Bertz CT molecular complexity index is 1100. The summed E-state index contributed by atoms with van der Waals surface area (Å²) in [6.45, 7) is 12.2. The first kappa shape index (κ1) is 33.2. The lowest BCUT2D eigenvalue weighted by Crippen LogP contribution is -2.68. The van der Waals surface area contributed by atoms with Crippen molar-refractivity contribution in [3.63, 3.8) is 0 Å². The van der Waals surface area contributed by atoms with Gasteiger partial charge in [-0.2, -0.15) is 0 Å². The monoisotopic (exact) mass is 606 g/mol. The number of ether oxygens (including phenoxy) is 5. The van der Waals surface area contributed by atoms with Crippen LogP contribution >= 0.6 is 0 Å². The first-order valence-electron chi connectivity index (χ1n) is 15.9. The lowest BCUT2D eigenvalue weighted by Gasteiger charge is -2.65. The molecule has 4 aliphatic rings. The number of rotatable bonds is 8. The highest BCUT2D eigenvalue weighted by Gasteiger charge is 2.70. The fourth-order valence-corrected chi connectivity index (χ4v) is 10.1. The second kappa shape index (κ2) is 12.8.